The van der Waals surface area contributed by atoms with Gasteiger partial charge in [0, 0.05) is 17.7 Å². The molecule has 0 bridgehead atoms. The molecule has 0 spiro atoms. The highest BCUT2D eigenvalue weighted by atomic mass is 16.5. The van der Waals surface area contributed by atoms with Crippen molar-refractivity contribution in [1.29, 1.82) is 0 Å². The van der Waals surface area contributed by atoms with Gasteiger partial charge in [-0.3, -0.25) is 4.79 Å². The van der Waals surface area contributed by atoms with Crippen LogP contribution in [0.4, 0.5) is 0 Å². The third-order valence-electron chi connectivity index (χ3n) is 3.89. The third kappa shape index (κ3) is 2.08. The number of fused-ring (bicyclic) bond motifs is 2. The van der Waals surface area contributed by atoms with Gasteiger partial charge in [0.25, 0.3) is 0 Å². The Hall–Kier alpha value is -3.41. The van der Waals surface area contributed by atoms with Gasteiger partial charge in [0.05, 0.1) is 6.26 Å². The highest BCUT2D eigenvalue weighted by Gasteiger charge is 2.19. The van der Waals surface area contributed by atoms with E-state index in [9.17, 15) is 20.1 Å². The van der Waals surface area contributed by atoms with Crippen LogP contribution in [0.1, 0.15) is 5.56 Å². The van der Waals surface area contributed by atoms with Gasteiger partial charge in [0.1, 0.15) is 28.2 Å². The molecule has 1 aromatic heterocycles. The first-order valence-electron chi connectivity index (χ1n) is 7.21. The van der Waals surface area contributed by atoms with Crippen LogP contribution in [0.2, 0.25) is 0 Å². The molecular weight excluding hydrogens is 312 g/mol. The van der Waals surface area contributed by atoms with Gasteiger partial charge in [0.2, 0.25) is 11.2 Å². The van der Waals surface area contributed by atoms with E-state index in [0.29, 0.717) is 17.7 Å². The summed E-state index contributed by atoms with van der Waals surface area (Å²) in [6, 6.07) is 7.36. The predicted octanol–water partition coefficient (Wildman–Crippen LogP) is 3.03. The molecule has 24 heavy (non-hydrogen) atoms. The minimum atomic E-state index is -0.766. The minimum Gasteiger partial charge on any atom is -0.508 e. The van der Waals surface area contributed by atoms with Gasteiger partial charge in [-0.05, 0) is 36.3 Å². The zero-order valence-corrected chi connectivity index (χ0v) is 12.3. The average molecular weight is 324 g/mol. The first-order chi connectivity index (χ1) is 11.5. The zero-order valence-electron chi connectivity index (χ0n) is 12.3. The largest absolute Gasteiger partial charge is 0.508 e. The summed E-state index contributed by atoms with van der Waals surface area (Å²) in [6.07, 6.45) is 4.10. The predicted molar refractivity (Wildman–Crippen MR) is 86.4 cm³/mol. The summed E-state index contributed by atoms with van der Waals surface area (Å²) in [6.45, 7) is 0. The van der Waals surface area contributed by atoms with Gasteiger partial charge in [-0.25, -0.2) is 0 Å². The van der Waals surface area contributed by atoms with Crippen LogP contribution in [0.3, 0.4) is 0 Å². The summed E-state index contributed by atoms with van der Waals surface area (Å²) in [5.41, 5.74) is 0.597. The number of ether oxygens (including phenoxy) is 1. The number of rotatable bonds is 1. The monoisotopic (exact) mass is 324 g/mol. The van der Waals surface area contributed by atoms with E-state index in [4.69, 9.17) is 9.15 Å². The highest BCUT2D eigenvalue weighted by Crippen LogP contribution is 2.37. The quantitative estimate of drug-likeness (QED) is 0.636. The Morgan fingerprint density at radius 2 is 1.88 bits per heavy atom. The Balaban J connectivity index is 1.98. The number of phenolic OH excluding ortho intramolecular Hbond substituents is 2. The maximum Gasteiger partial charge on any atom is 0.238 e. The van der Waals surface area contributed by atoms with Crippen molar-refractivity contribution in [2.75, 3.05) is 0 Å². The number of aromatic hydroxyl groups is 3. The first kappa shape index (κ1) is 14.2. The molecule has 6 nitrogen and oxygen atoms in total. The van der Waals surface area contributed by atoms with Crippen molar-refractivity contribution in [3.8, 4) is 34.3 Å². The standard InChI is InChI=1S/C18H12O6/c19-11-7-12(20)15-14(8-11)24-18(17(22)16(15)21)10-3-4-13-9(6-10)2-1-5-23-13/h1,3-8,19-20,22H,2H2. The van der Waals surface area contributed by atoms with Crippen molar-refractivity contribution in [2.24, 2.45) is 0 Å². The van der Waals surface area contributed by atoms with Crippen LogP contribution >= 0.6 is 0 Å². The molecule has 4 rings (SSSR count). The zero-order chi connectivity index (χ0) is 16.8. The molecule has 1 aliphatic rings. The van der Waals surface area contributed by atoms with Crippen LogP contribution in [0.5, 0.6) is 23.0 Å². The molecule has 0 fully saturated rings. The highest BCUT2D eigenvalue weighted by molar-refractivity contribution is 5.88. The Morgan fingerprint density at radius 1 is 1.04 bits per heavy atom. The van der Waals surface area contributed by atoms with E-state index >= 15 is 0 Å². The van der Waals surface area contributed by atoms with Crippen LogP contribution in [-0.4, -0.2) is 15.3 Å². The van der Waals surface area contributed by atoms with Gasteiger partial charge in [-0.15, -0.1) is 0 Å². The maximum absolute atomic E-state index is 12.4. The summed E-state index contributed by atoms with van der Waals surface area (Å²) in [7, 11) is 0. The van der Waals surface area contributed by atoms with Crippen molar-refractivity contribution in [3.05, 3.63) is 58.5 Å². The van der Waals surface area contributed by atoms with E-state index in [0.717, 1.165) is 11.6 Å². The lowest BCUT2D eigenvalue weighted by Crippen LogP contribution is -2.03. The van der Waals surface area contributed by atoms with E-state index in [1.165, 1.54) is 6.07 Å². The SMILES string of the molecule is O=c1c(O)c(-c2ccc3c(c2)CC=CO3)oc2cc(O)cc(O)c12. The second-order valence-electron chi connectivity index (χ2n) is 5.46. The Morgan fingerprint density at radius 3 is 2.71 bits per heavy atom. The summed E-state index contributed by atoms with van der Waals surface area (Å²) in [5, 5.41) is 29.4. The molecule has 120 valence electrons. The van der Waals surface area contributed by atoms with Crippen molar-refractivity contribution in [2.45, 2.75) is 6.42 Å². The van der Waals surface area contributed by atoms with Crippen molar-refractivity contribution in [1.82, 2.24) is 0 Å². The lowest BCUT2D eigenvalue weighted by Gasteiger charge is -2.13. The van der Waals surface area contributed by atoms with E-state index in [1.807, 2.05) is 6.08 Å². The lowest BCUT2D eigenvalue weighted by molar-refractivity contribution is 0.438. The summed E-state index contributed by atoms with van der Waals surface area (Å²) >= 11 is 0. The molecule has 2 aromatic carbocycles. The van der Waals surface area contributed by atoms with Gasteiger partial charge in [-0.1, -0.05) is 0 Å². The number of hydrogen-bond acceptors (Lipinski definition) is 6. The van der Waals surface area contributed by atoms with E-state index < -0.39 is 16.9 Å². The number of allylic oxidation sites excluding steroid dienone is 1. The van der Waals surface area contributed by atoms with E-state index in [1.54, 1.807) is 24.5 Å². The molecule has 0 amide bonds. The minimum absolute atomic E-state index is 0.0147. The topological polar surface area (TPSA) is 100 Å². The average Bonchev–Trinajstić information content (AvgIpc) is 2.57. The second kappa shape index (κ2) is 5.06. The second-order valence-corrected chi connectivity index (χ2v) is 5.46. The van der Waals surface area contributed by atoms with Gasteiger partial charge in [-0.2, -0.15) is 0 Å². The van der Waals surface area contributed by atoms with E-state index in [2.05, 4.69) is 0 Å². The van der Waals surface area contributed by atoms with Crippen molar-refractivity contribution in [3.63, 3.8) is 0 Å². The Kier molecular flexibility index (Phi) is 2.99. The molecule has 0 saturated carbocycles. The molecule has 1 aliphatic heterocycles. The number of benzene rings is 2. The molecule has 6 heteroatoms. The van der Waals surface area contributed by atoms with Crippen LogP contribution in [0, 0.1) is 0 Å². The molecular formula is C18H12O6. The smallest absolute Gasteiger partial charge is 0.238 e. The Bertz CT molecular complexity index is 1060. The summed E-state index contributed by atoms with van der Waals surface area (Å²) in [4.78, 5) is 12.4. The fourth-order valence-corrected chi connectivity index (χ4v) is 2.76. The maximum atomic E-state index is 12.4. The normalized spacial score (nSPS) is 12.8. The number of phenols is 2. The lowest BCUT2D eigenvalue weighted by atomic mass is 10.0. The van der Waals surface area contributed by atoms with E-state index in [-0.39, 0.29) is 22.5 Å². The van der Waals surface area contributed by atoms with Gasteiger partial charge in [0.15, 0.2) is 5.76 Å². The molecule has 0 radical (unpaired) electrons. The van der Waals surface area contributed by atoms with Crippen LogP contribution in [-0.2, 0) is 6.42 Å². The van der Waals surface area contributed by atoms with Crippen molar-refractivity contribution >= 4 is 11.0 Å². The fraction of sp³-hybridized carbons (Fsp3) is 0.0556. The summed E-state index contributed by atoms with van der Waals surface area (Å²) in [5.74, 6) is -0.641. The molecule has 0 unspecified atom stereocenters. The molecule has 2 heterocycles. The van der Waals surface area contributed by atoms with Crippen LogP contribution in [0.15, 0.2) is 51.9 Å². The van der Waals surface area contributed by atoms with Crippen molar-refractivity contribution < 1.29 is 24.5 Å². The third-order valence-corrected chi connectivity index (χ3v) is 3.89. The van der Waals surface area contributed by atoms with Crippen LogP contribution in [0.25, 0.3) is 22.3 Å². The molecule has 0 aliphatic carbocycles. The Labute approximate surface area is 135 Å². The van der Waals surface area contributed by atoms with Gasteiger partial charge >= 0.3 is 0 Å². The first-order valence-corrected chi connectivity index (χ1v) is 7.21. The molecule has 3 N–H and O–H groups in total. The number of hydrogen-bond donors (Lipinski definition) is 3. The molecule has 0 atom stereocenters. The fourth-order valence-electron chi connectivity index (χ4n) is 2.76. The van der Waals surface area contributed by atoms with Gasteiger partial charge < -0.3 is 24.5 Å². The summed E-state index contributed by atoms with van der Waals surface area (Å²) < 4.78 is 11.0. The molecule has 3 aromatic rings. The molecule has 0 saturated heterocycles. The van der Waals surface area contributed by atoms with Crippen LogP contribution < -0.4 is 10.2 Å².